The highest BCUT2D eigenvalue weighted by Gasteiger charge is 2.15. The monoisotopic (exact) mass is 394 g/mol. The van der Waals surface area contributed by atoms with Crippen molar-refractivity contribution in [1.82, 2.24) is 15.0 Å². The number of rotatable bonds is 5. The lowest BCUT2D eigenvalue weighted by atomic mass is 10.1. The maximum atomic E-state index is 11.6. The normalized spacial score (nSPS) is 10.8. The number of nitrogens with zero attached hydrogens (tertiary/aromatic N) is 3. The van der Waals surface area contributed by atoms with Crippen LogP contribution < -0.4 is 9.47 Å². The molecule has 0 fully saturated rings. The number of nitrogens with one attached hydrogen (secondary N) is 1. The number of nitro groups is 1. The molecule has 0 saturated heterocycles. The SMILES string of the molecule is CCOC(=O)Oc1cc2c(cn1)[nH]c1cccc(Oc3ccc([N+](=O)[O-])cn3)c12. The molecular weight excluding hydrogens is 380 g/mol. The number of benzene rings is 1. The molecule has 146 valence electrons. The average molecular weight is 394 g/mol. The van der Waals surface area contributed by atoms with E-state index < -0.39 is 11.1 Å². The maximum Gasteiger partial charge on any atom is 0.515 e. The number of hydrogen-bond acceptors (Lipinski definition) is 8. The minimum Gasteiger partial charge on any atom is -0.438 e. The van der Waals surface area contributed by atoms with Gasteiger partial charge in [0.2, 0.25) is 11.8 Å². The van der Waals surface area contributed by atoms with Gasteiger partial charge in [0.15, 0.2) is 0 Å². The van der Waals surface area contributed by atoms with Crippen LogP contribution in [0.3, 0.4) is 0 Å². The van der Waals surface area contributed by atoms with Gasteiger partial charge in [0.1, 0.15) is 11.9 Å². The number of carbonyl (C=O) groups is 1. The van der Waals surface area contributed by atoms with E-state index in [1.807, 2.05) is 6.07 Å². The molecule has 10 nitrogen and oxygen atoms in total. The summed E-state index contributed by atoms with van der Waals surface area (Å²) in [6.07, 6.45) is 1.82. The Kier molecular flexibility index (Phi) is 4.65. The highest BCUT2D eigenvalue weighted by atomic mass is 16.7. The number of aromatic nitrogens is 3. The van der Waals surface area contributed by atoms with Gasteiger partial charge in [0, 0.05) is 23.6 Å². The van der Waals surface area contributed by atoms with Crippen LogP contribution in [0.4, 0.5) is 10.5 Å². The number of pyridine rings is 2. The molecule has 4 aromatic rings. The number of fused-ring (bicyclic) bond motifs is 3. The van der Waals surface area contributed by atoms with Crippen LogP contribution in [0.2, 0.25) is 0 Å². The van der Waals surface area contributed by atoms with Crippen LogP contribution in [0.5, 0.6) is 17.5 Å². The molecule has 10 heteroatoms. The number of hydrogen-bond donors (Lipinski definition) is 1. The zero-order valence-corrected chi connectivity index (χ0v) is 15.1. The third kappa shape index (κ3) is 3.63. The highest BCUT2D eigenvalue weighted by Crippen LogP contribution is 2.36. The summed E-state index contributed by atoms with van der Waals surface area (Å²) in [6, 6.07) is 9.72. The largest absolute Gasteiger partial charge is 0.515 e. The Morgan fingerprint density at radius 1 is 1.14 bits per heavy atom. The topological polar surface area (TPSA) is 129 Å². The molecule has 1 aromatic carbocycles. The van der Waals surface area contributed by atoms with E-state index in [2.05, 4.69) is 15.0 Å². The fraction of sp³-hybridized carbons (Fsp3) is 0.105. The minimum atomic E-state index is -0.842. The summed E-state index contributed by atoms with van der Waals surface area (Å²) >= 11 is 0. The van der Waals surface area contributed by atoms with Crippen LogP contribution in [0.15, 0.2) is 48.8 Å². The molecule has 4 rings (SSSR count). The number of ether oxygens (including phenoxy) is 3. The van der Waals surface area contributed by atoms with E-state index in [1.165, 1.54) is 18.3 Å². The Bertz CT molecular complexity index is 1220. The van der Waals surface area contributed by atoms with Crippen LogP contribution in [0, 0.1) is 10.1 Å². The third-order valence-electron chi connectivity index (χ3n) is 4.04. The fourth-order valence-electron chi connectivity index (χ4n) is 2.83. The van der Waals surface area contributed by atoms with Gasteiger partial charge in [0.05, 0.1) is 34.1 Å². The van der Waals surface area contributed by atoms with Crippen molar-refractivity contribution in [3.8, 4) is 17.5 Å². The zero-order chi connectivity index (χ0) is 20.4. The summed E-state index contributed by atoms with van der Waals surface area (Å²) < 4.78 is 15.7. The molecule has 29 heavy (non-hydrogen) atoms. The van der Waals surface area contributed by atoms with Crippen molar-refractivity contribution in [2.75, 3.05) is 6.61 Å². The smallest absolute Gasteiger partial charge is 0.438 e. The van der Waals surface area contributed by atoms with Gasteiger partial charge in [-0.25, -0.2) is 14.8 Å². The first kappa shape index (κ1) is 18.2. The molecule has 0 aliphatic heterocycles. The van der Waals surface area contributed by atoms with Crippen LogP contribution in [0.25, 0.3) is 21.8 Å². The van der Waals surface area contributed by atoms with Crippen LogP contribution in [0.1, 0.15) is 6.92 Å². The molecule has 0 aliphatic carbocycles. The van der Waals surface area contributed by atoms with E-state index in [1.54, 1.807) is 25.1 Å². The molecule has 3 aromatic heterocycles. The van der Waals surface area contributed by atoms with Gasteiger partial charge in [-0.05, 0) is 19.1 Å². The van der Waals surface area contributed by atoms with E-state index in [0.29, 0.717) is 16.7 Å². The Balaban J connectivity index is 1.73. The van der Waals surface area contributed by atoms with Crippen molar-refractivity contribution >= 4 is 33.6 Å². The van der Waals surface area contributed by atoms with Gasteiger partial charge in [-0.2, -0.15) is 0 Å². The van der Waals surface area contributed by atoms with Crippen molar-refractivity contribution in [3.63, 3.8) is 0 Å². The van der Waals surface area contributed by atoms with Gasteiger partial charge < -0.3 is 19.2 Å². The first-order chi connectivity index (χ1) is 14.0. The minimum absolute atomic E-state index is 0.0834. The summed E-state index contributed by atoms with van der Waals surface area (Å²) in [5.41, 5.74) is 1.35. The number of aromatic amines is 1. The molecule has 0 spiro atoms. The standard InChI is InChI=1S/C19H14N4O6/c1-2-27-19(24)29-17-8-12-14(10-21-17)22-13-4-3-5-15(18(12)13)28-16-7-6-11(9-20-16)23(25)26/h3-10,22H,2H2,1H3. The number of H-pyrrole nitrogens is 1. The summed E-state index contributed by atoms with van der Waals surface area (Å²) in [6.45, 7) is 1.86. The van der Waals surface area contributed by atoms with Crippen molar-refractivity contribution in [3.05, 3.63) is 58.9 Å². The lowest BCUT2D eigenvalue weighted by Crippen LogP contribution is -2.10. The van der Waals surface area contributed by atoms with Gasteiger partial charge in [-0.15, -0.1) is 0 Å². The van der Waals surface area contributed by atoms with E-state index in [4.69, 9.17) is 14.2 Å². The molecule has 0 radical (unpaired) electrons. The molecule has 0 saturated carbocycles. The second-order valence-electron chi connectivity index (χ2n) is 5.87. The quantitative estimate of drug-likeness (QED) is 0.300. The molecular formula is C19H14N4O6. The van der Waals surface area contributed by atoms with E-state index >= 15 is 0 Å². The second kappa shape index (κ2) is 7.43. The summed E-state index contributed by atoms with van der Waals surface area (Å²) in [7, 11) is 0. The lowest BCUT2D eigenvalue weighted by Gasteiger charge is -2.06. The molecule has 0 bridgehead atoms. The summed E-state index contributed by atoms with van der Waals surface area (Å²) in [4.78, 5) is 33.1. The molecule has 1 N–H and O–H groups in total. The predicted molar refractivity (Wildman–Crippen MR) is 102 cm³/mol. The van der Waals surface area contributed by atoms with Gasteiger partial charge in [-0.1, -0.05) is 6.07 Å². The maximum absolute atomic E-state index is 11.6. The van der Waals surface area contributed by atoms with E-state index in [9.17, 15) is 14.9 Å². The van der Waals surface area contributed by atoms with Crippen LogP contribution in [-0.2, 0) is 4.74 Å². The fourth-order valence-corrected chi connectivity index (χ4v) is 2.83. The Morgan fingerprint density at radius 3 is 2.69 bits per heavy atom. The Morgan fingerprint density at radius 2 is 1.97 bits per heavy atom. The van der Waals surface area contributed by atoms with Gasteiger partial charge in [-0.3, -0.25) is 10.1 Å². The third-order valence-corrected chi connectivity index (χ3v) is 4.04. The summed E-state index contributed by atoms with van der Waals surface area (Å²) in [5, 5.41) is 12.2. The second-order valence-corrected chi connectivity index (χ2v) is 5.87. The first-order valence-corrected chi connectivity index (χ1v) is 8.58. The van der Waals surface area contributed by atoms with Crippen molar-refractivity contribution < 1.29 is 23.9 Å². The molecule has 0 unspecified atom stereocenters. The van der Waals surface area contributed by atoms with Crippen molar-refractivity contribution in [2.24, 2.45) is 0 Å². The molecule has 0 amide bonds. The Hall–Kier alpha value is -4.21. The highest BCUT2D eigenvalue weighted by molar-refractivity contribution is 6.10. The van der Waals surface area contributed by atoms with Gasteiger partial charge in [0.25, 0.3) is 5.69 Å². The summed E-state index contributed by atoms with van der Waals surface area (Å²) in [5.74, 6) is 0.762. The van der Waals surface area contributed by atoms with Crippen molar-refractivity contribution in [1.29, 1.82) is 0 Å². The van der Waals surface area contributed by atoms with Crippen molar-refractivity contribution in [2.45, 2.75) is 6.92 Å². The average Bonchev–Trinajstić information content (AvgIpc) is 3.07. The number of carbonyl (C=O) groups excluding carboxylic acids is 1. The van der Waals surface area contributed by atoms with Crippen LogP contribution in [-0.4, -0.2) is 32.6 Å². The first-order valence-electron chi connectivity index (χ1n) is 8.58. The molecule has 0 aliphatic rings. The molecule has 0 atom stereocenters. The van der Waals surface area contributed by atoms with Gasteiger partial charge >= 0.3 is 6.16 Å². The predicted octanol–water partition coefficient (Wildman–Crippen LogP) is 4.35. The van der Waals surface area contributed by atoms with E-state index in [0.717, 1.165) is 17.1 Å². The van der Waals surface area contributed by atoms with E-state index in [-0.39, 0.29) is 24.1 Å². The van der Waals surface area contributed by atoms with Crippen LogP contribution >= 0.6 is 0 Å². The lowest BCUT2D eigenvalue weighted by molar-refractivity contribution is -0.385. The Labute approximate surface area is 163 Å². The zero-order valence-electron chi connectivity index (χ0n) is 15.1. The molecule has 3 heterocycles.